The number of aryl methyl sites for hydroxylation is 3. The fourth-order valence-corrected chi connectivity index (χ4v) is 4.90. The lowest BCUT2D eigenvalue weighted by Gasteiger charge is -2.14. The van der Waals surface area contributed by atoms with Crippen molar-refractivity contribution in [2.24, 2.45) is 4.99 Å². The molecular weight excluding hydrogens is 314 g/mol. The summed E-state index contributed by atoms with van der Waals surface area (Å²) < 4.78 is 0. The zero-order valence-electron chi connectivity index (χ0n) is 15.9. The Bertz CT molecular complexity index is 1040. The summed E-state index contributed by atoms with van der Waals surface area (Å²) in [4.78, 5) is 5.13. The Morgan fingerprint density at radius 3 is 2.31 bits per heavy atom. The van der Waals surface area contributed by atoms with Crippen molar-refractivity contribution in [3.63, 3.8) is 0 Å². The normalized spacial score (nSPS) is 16.5. The minimum absolute atomic E-state index is 0.724. The van der Waals surface area contributed by atoms with Crippen molar-refractivity contribution in [2.45, 2.75) is 52.4 Å². The van der Waals surface area contributed by atoms with Gasteiger partial charge in [-0.1, -0.05) is 48.2 Å². The highest BCUT2D eigenvalue weighted by molar-refractivity contribution is 6.26. The molecule has 0 aromatic heterocycles. The zero-order valence-corrected chi connectivity index (χ0v) is 15.9. The molecule has 0 saturated heterocycles. The average Bonchev–Trinajstić information content (AvgIpc) is 3.26. The number of hydrogen-bond acceptors (Lipinski definition) is 1. The van der Waals surface area contributed by atoms with Crippen LogP contribution >= 0.6 is 0 Å². The van der Waals surface area contributed by atoms with Gasteiger partial charge >= 0.3 is 0 Å². The molecule has 1 aliphatic heterocycles. The van der Waals surface area contributed by atoms with Crippen LogP contribution in [0.25, 0.3) is 10.8 Å². The molecule has 0 spiro atoms. The molecule has 0 atom stereocenters. The van der Waals surface area contributed by atoms with E-state index in [1.54, 1.807) is 0 Å². The highest BCUT2D eigenvalue weighted by atomic mass is 14.8. The Kier molecular flexibility index (Phi) is 3.53. The largest absolute Gasteiger partial charge is 0.247 e. The summed E-state index contributed by atoms with van der Waals surface area (Å²) in [6.07, 6.45) is 5.41. The average molecular weight is 339 g/mol. The molecule has 0 radical (unpaired) electrons. The van der Waals surface area contributed by atoms with Gasteiger partial charge in [-0.15, -0.1) is 0 Å². The molecule has 1 nitrogen and oxygen atoms in total. The van der Waals surface area contributed by atoms with Gasteiger partial charge in [-0.2, -0.15) is 0 Å². The molecule has 3 aromatic rings. The summed E-state index contributed by atoms with van der Waals surface area (Å²) >= 11 is 0. The van der Waals surface area contributed by atoms with Gasteiger partial charge in [-0.05, 0) is 74.2 Å². The summed E-state index contributed by atoms with van der Waals surface area (Å²) in [5.74, 6) is 0.724. The Morgan fingerprint density at radius 2 is 1.58 bits per heavy atom. The molecule has 0 bridgehead atoms. The van der Waals surface area contributed by atoms with Crippen molar-refractivity contribution in [3.05, 3.63) is 75.8 Å². The molecule has 5 rings (SSSR count). The Balaban J connectivity index is 1.76. The van der Waals surface area contributed by atoms with Gasteiger partial charge in [0.15, 0.2) is 0 Å². The molecule has 1 saturated carbocycles. The van der Waals surface area contributed by atoms with E-state index >= 15 is 0 Å². The van der Waals surface area contributed by atoms with Crippen LogP contribution in [0.2, 0.25) is 0 Å². The second kappa shape index (κ2) is 5.81. The maximum absolute atomic E-state index is 5.13. The second-order valence-electron chi connectivity index (χ2n) is 8.22. The summed E-state index contributed by atoms with van der Waals surface area (Å²) in [7, 11) is 0. The smallest absolute Gasteiger partial charge is 0.0789 e. The van der Waals surface area contributed by atoms with Gasteiger partial charge in [0.2, 0.25) is 0 Å². The molecule has 1 fully saturated rings. The number of rotatable bonds is 2. The minimum Gasteiger partial charge on any atom is -0.247 e. The van der Waals surface area contributed by atoms with E-state index < -0.39 is 0 Å². The maximum atomic E-state index is 5.13. The predicted octanol–water partition coefficient (Wildman–Crippen LogP) is 6.91. The first-order chi connectivity index (χ1) is 12.6. The SMILES string of the molecule is Cc1cc(C)cc(C2=Nc3c(C)ccc4cc(C5CCCC5)cc2c34)c1. The molecule has 3 aromatic carbocycles. The summed E-state index contributed by atoms with van der Waals surface area (Å²) in [5.41, 5.74) is 10.3. The first-order valence-corrected chi connectivity index (χ1v) is 9.85. The standard InChI is InChI=1S/C25H25N/c1-15-10-16(2)12-21(11-15)25-22-14-20(18-6-4-5-7-18)13-19-9-8-17(3)24(26-25)23(19)22/h8-14,18H,4-7H2,1-3H3. The van der Waals surface area contributed by atoms with Crippen LogP contribution in [0.1, 0.15) is 65.0 Å². The van der Waals surface area contributed by atoms with E-state index in [2.05, 4.69) is 63.2 Å². The number of hydrogen-bond donors (Lipinski definition) is 0. The summed E-state index contributed by atoms with van der Waals surface area (Å²) in [5, 5.41) is 2.70. The van der Waals surface area contributed by atoms with Crippen molar-refractivity contribution in [2.75, 3.05) is 0 Å². The van der Waals surface area contributed by atoms with Crippen LogP contribution in [0.5, 0.6) is 0 Å². The zero-order chi connectivity index (χ0) is 17.8. The van der Waals surface area contributed by atoms with Gasteiger partial charge in [-0.25, -0.2) is 4.99 Å². The predicted molar refractivity (Wildman–Crippen MR) is 111 cm³/mol. The lowest BCUT2D eigenvalue weighted by atomic mass is 9.89. The van der Waals surface area contributed by atoms with Gasteiger partial charge in [0.25, 0.3) is 0 Å². The maximum Gasteiger partial charge on any atom is 0.0789 e. The number of benzene rings is 3. The van der Waals surface area contributed by atoms with Gasteiger partial charge in [-0.3, -0.25) is 0 Å². The van der Waals surface area contributed by atoms with Crippen molar-refractivity contribution in [3.8, 4) is 0 Å². The molecule has 130 valence electrons. The van der Waals surface area contributed by atoms with Gasteiger partial charge in [0, 0.05) is 16.5 Å². The van der Waals surface area contributed by atoms with Gasteiger partial charge < -0.3 is 0 Å². The topological polar surface area (TPSA) is 12.4 Å². The quantitative estimate of drug-likeness (QED) is 0.376. The van der Waals surface area contributed by atoms with Crippen LogP contribution in [0.4, 0.5) is 5.69 Å². The van der Waals surface area contributed by atoms with Gasteiger partial charge in [0.05, 0.1) is 11.4 Å². The van der Waals surface area contributed by atoms with E-state index in [1.165, 1.54) is 75.5 Å². The monoisotopic (exact) mass is 339 g/mol. The molecule has 0 amide bonds. The van der Waals surface area contributed by atoms with E-state index in [-0.39, 0.29) is 0 Å². The first kappa shape index (κ1) is 15.8. The molecule has 1 heteroatoms. The van der Waals surface area contributed by atoms with E-state index in [0.717, 1.165) is 11.6 Å². The highest BCUT2D eigenvalue weighted by Crippen LogP contribution is 2.43. The third-order valence-electron chi connectivity index (χ3n) is 6.11. The second-order valence-corrected chi connectivity index (χ2v) is 8.22. The van der Waals surface area contributed by atoms with Crippen LogP contribution in [0.15, 0.2) is 47.5 Å². The third-order valence-corrected chi connectivity index (χ3v) is 6.11. The van der Waals surface area contributed by atoms with Crippen molar-refractivity contribution >= 4 is 22.2 Å². The fourth-order valence-electron chi connectivity index (χ4n) is 4.90. The van der Waals surface area contributed by atoms with E-state index in [0.29, 0.717) is 0 Å². The Morgan fingerprint density at radius 1 is 0.846 bits per heavy atom. The summed E-state index contributed by atoms with van der Waals surface area (Å²) in [6.45, 7) is 6.53. The van der Waals surface area contributed by atoms with E-state index in [9.17, 15) is 0 Å². The third kappa shape index (κ3) is 2.41. The van der Waals surface area contributed by atoms with Crippen LogP contribution in [-0.2, 0) is 0 Å². The van der Waals surface area contributed by atoms with Crippen LogP contribution in [0.3, 0.4) is 0 Å². The molecule has 1 heterocycles. The van der Waals surface area contributed by atoms with Crippen molar-refractivity contribution in [1.82, 2.24) is 0 Å². The molecule has 26 heavy (non-hydrogen) atoms. The fraction of sp³-hybridized carbons (Fsp3) is 0.320. The first-order valence-electron chi connectivity index (χ1n) is 9.85. The molecule has 0 N–H and O–H groups in total. The number of aliphatic imine (C=N–C) groups is 1. The highest BCUT2D eigenvalue weighted by Gasteiger charge is 2.25. The molecule has 2 aliphatic rings. The Hall–Kier alpha value is -2.41. The number of nitrogens with zero attached hydrogens (tertiary/aromatic N) is 1. The van der Waals surface area contributed by atoms with Crippen LogP contribution in [0, 0.1) is 20.8 Å². The molecule has 0 unspecified atom stereocenters. The van der Waals surface area contributed by atoms with E-state index in [1.807, 2.05) is 0 Å². The summed E-state index contributed by atoms with van der Waals surface area (Å²) in [6, 6.07) is 16.2. The molecular formula is C25H25N. The van der Waals surface area contributed by atoms with Crippen LogP contribution in [-0.4, -0.2) is 5.71 Å². The Labute approximate surface area is 155 Å². The van der Waals surface area contributed by atoms with E-state index in [4.69, 9.17) is 4.99 Å². The molecule has 1 aliphatic carbocycles. The lowest BCUT2D eigenvalue weighted by Crippen LogP contribution is -2.03. The minimum atomic E-state index is 0.724. The van der Waals surface area contributed by atoms with Gasteiger partial charge in [0.1, 0.15) is 0 Å². The van der Waals surface area contributed by atoms with Crippen molar-refractivity contribution < 1.29 is 0 Å². The lowest BCUT2D eigenvalue weighted by molar-refractivity contribution is 0.724. The van der Waals surface area contributed by atoms with Crippen molar-refractivity contribution in [1.29, 1.82) is 0 Å². The van der Waals surface area contributed by atoms with Crippen LogP contribution < -0.4 is 0 Å².